The van der Waals surface area contributed by atoms with Gasteiger partial charge in [0.25, 0.3) is 0 Å². The molecule has 0 atom stereocenters. The molecule has 0 unspecified atom stereocenters. The van der Waals surface area contributed by atoms with E-state index in [0.29, 0.717) is 0 Å². The summed E-state index contributed by atoms with van der Waals surface area (Å²) in [6.45, 7) is 4.64. The molecule has 1 saturated heterocycles. The van der Waals surface area contributed by atoms with Crippen LogP contribution in [0.2, 0.25) is 0 Å². The van der Waals surface area contributed by atoms with Crippen LogP contribution in [0.25, 0.3) is 0 Å². The third-order valence-electron chi connectivity index (χ3n) is 1.52. The van der Waals surface area contributed by atoms with Crippen molar-refractivity contribution < 1.29 is 38.7 Å². The van der Waals surface area contributed by atoms with Crippen LogP contribution in [0.4, 0.5) is 0 Å². The summed E-state index contributed by atoms with van der Waals surface area (Å²) < 4.78 is 37.8. The predicted molar refractivity (Wildman–Crippen MR) is 36.6 cm³/mol. The number of aliphatic hydroxyl groups is 1. The fourth-order valence-corrected chi connectivity index (χ4v) is 0.966. The van der Waals surface area contributed by atoms with Gasteiger partial charge in [-0.25, -0.2) is 0 Å². The van der Waals surface area contributed by atoms with Crippen molar-refractivity contribution in [2.45, 2.75) is 0 Å². The summed E-state index contributed by atoms with van der Waals surface area (Å²) in [4.78, 5) is 2.20. The Morgan fingerprint density at radius 3 is 2.00 bits per heavy atom. The molecule has 0 radical (unpaired) electrons. The van der Waals surface area contributed by atoms with Gasteiger partial charge in [0, 0.05) is 19.6 Å². The summed E-state index contributed by atoms with van der Waals surface area (Å²) in [5, 5.41) is 8.54. The second-order valence-corrected chi connectivity index (χ2v) is 3.37. The summed E-state index contributed by atoms with van der Waals surface area (Å²) in [7, 11) is -4.69. The fourth-order valence-electron chi connectivity index (χ4n) is 0.966. The second-order valence-electron chi connectivity index (χ2n) is 2.57. The van der Waals surface area contributed by atoms with Crippen LogP contribution in [-0.4, -0.2) is 54.1 Å². The van der Waals surface area contributed by atoms with E-state index in [4.69, 9.17) is 28.5 Å². The molecule has 86 valence electrons. The number of β-amino-alcohol motifs (C(OH)–C–C–N with tert-alkyl or cyclic N) is 1. The average molecular weight is 232 g/mol. The van der Waals surface area contributed by atoms with Crippen LogP contribution >= 0.6 is 0 Å². The SMILES string of the molecule is OCCN1CCOCC1.[O-][Cl+3]([O-])([O-])O. The topological polar surface area (TPSA) is 122 Å². The molecule has 0 aromatic carbocycles. The molecular weight excluding hydrogens is 218 g/mol. The zero-order chi connectivity index (χ0) is 11.0. The third-order valence-corrected chi connectivity index (χ3v) is 1.52. The van der Waals surface area contributed by atoms with Crippen molar-refractivity contribution in [2.24, 2.45) is 0 Å². The van der Waals surface area contributed by atoms with E-state index in [0.717, 1.165) is 32.8 Å². The molecule has 14 heavy (non-hydrogen) atoms. The molecule has 2 N–H and O–H groups in total. The lowest BCUT2D eigenvalue weighted by Gasteiger charge is -2.25. The third kappa shape index (κ3) is 12.0. The molecule has 0 bridgehead atoms. The Hall–Kier alpha value is 0.01000. The Balaban J connectivity index is 0.000000292. The van der Waals surface area contributed by atoms with Crippen molar-refractivity contribution in [3.63, 3.8) is 0 Å². The van der Waals surface area contributed by atoms with Crippen molar-refractivity contribution >= 4 is 0 Å². The van der Waals surface area contributed by atoms with E-state index in [1.165, 1.54) is 0 Å². The minimum absolute atomic E-state index is 0.264. The predicted octanol–water partition coefficient (Wildman–Crippen LogP) is -4.81. The van der Waals surface area contributed by atoms with Crippen LogP contribution in [0.15, 0.2) is 0 Å². The van der Waals surface area contributed by atoms with Crippen molar-refractivity contribution in [2.75, 3.05) is 39.5 Å². The quantitative estimate of drug-likeness (QED) is 0.489. The van der Waals surface area contributed by atoms with Gasteiger partial charge < -0.3 is 9.84 Å². The van der Waals surface area contributed by atoms with Gasteiger partial charge in [0.15, 0.2) is 0 Å². The van der Waals surface area contributed by atoms with Crippen molar-refractivity contribution in [3.8, 4) is 0 Å². The molecule has 0 saturated carbocycles. The maximum atomic E-state index is 8.60. The maximum absolute atomic E-state index is 8.60. The van der Waals surface area contributed by atoms with E-state index in [2.05, 4.69) is 4.90 Å². The van der Waals surface area contributed by atoms with E-state index in [9.17, 15) is 0 Å². The van der Waals surface area contributed by atoms with Crippen LogP contribution in [0.1, 0.15) is 0 Å². The summed E-state index contributed by atoms with van der Waals surface area (Å²) >= 11 is 0. The van der Waals surface area contributed by atoms with Crippen molar-refractivity contribution in [1.82, 2.24) is 4.90 Å². The maximum Gasteiger partial charge on any atom is 0.0777 e. The summed E-state index contributed by atoms with van der Waals surface area (Å²) in [5.74, 6) is 0. The lowest BCUT2D eigenvalue weighted by Crippen LogP contribution is -2.58. The highest BCUT2D eigenvalue weighted by Crippen LogP contribution is 1.94. The number of hydrogen-bond acceptors (Lipinski definition) is 7. The van der Waals surface area contributed by atoms with Gasteiger partial charge in [-0.2, -0.15) is 14.0 Å². The number of halogens is 1. The zero-order valence-electron chi connectivity index (χ0n) is 7.60. The van der Waals surface area contributed by atoms with E-state index in [1.54, 1.807) is 0 Å². The normalized spacial score (nSPS) is 18.6. The first-order valence-electron chi connectivity index (χ1n) is 3.97. The lowest BCUT2D eigenvalue weighted by molar-refractivity contribution is -1.92. The Labute approximate surface area is 83.9 Å². The van der Waals surface area contributed by atoms with Crippen LogP contribution in [0, 0.1) is 10.2 Å². The smallest absolute Gasteiger partial charge is 0.0777 e. The van der Waals surface area contributed by atoms with Gasteiger partial charge in [0.2, 0.25) is 0 Å². The van der Waals surface area contributed by atoms with Crippen LogP contribution in [0.3, 0.4) is 0 Å². The summed E-state index contributed by atoms with van der Waals surface area (Å²) in [6, 6.07) is 0. The Bertz CT molecular complexity index is 126. The molecule has 1 aliphatic heterocycles. The van der Waals surface area contributed by atoms with Gasteiger partial charge in [0.1, 0.15) is 0 Å². The molecule has 1 fully saturated rings. The van der Waals surface area contributed by atoms with E-state index < -0.39 is 10.2 Å². The number of nitrogens with zero attached hydrogens (tertiary/aromatic N) is 1. The first-order chi connectivity index (χ1) is 6.43. The van der Waals surface area contributed by atoms with E-state index in [-0.39, 0.29) is 6.61 Å². The number of ether oxygens (including phenoxy) is 1. The number of rotatable bonds is 2. The first-order valence-corrected chi connectivity index (χ1v) is 5.24. The Morgan fingerprint density at radius 1 is 1.21 bits per heavy atom. The number of morpholine rings is 1. The van der Waals surface area contributed by atoms with Crippen LogP contribution in [0.5, 0.6) is 0 Å². The Kier molecular flexibility index (Phi) is 7.33. The van der Waals surface area contributed by atoms with Gasteiger partial charge in [-0.05, 0) is 0 Å². The molecule has 0 aliphatic carbocycles. The fraction of sp³-hybridized carbons (Fsp3) is 1.00. The van der Waals surface area contributed by atoms with Gasteiger partial charge in [-0.15, -0.1) is 0 Å². The molecule has 0 spiro atoms. The van der Waals surface area contributed by atoms with Crippen molar-refractivity contribution in [3.05, 3.63) is 0 Å². The van der Waals surface area contributed by atoms with Crippen LogP contribution < -0.4 is 14.0 Å². The molecule has 1 aliphatic rings. The van der Waals surface area contributed by atoms with Crippen molar-refractivity contribution in [1.29, 1.82) is 0 Å². The minimum Gasteiger partial charge on any atom is -0.395 e. The molecule has 8 heteroatoms. The van der Waals surface area contributed by atoms with Gasteiger partial charge >= 0.3 is 0 Å². The Morgan fingerprint density at radius 2 is 1.64 bits per heavy atom. The lowest BCUT2D eigenvalue weighted by atomic mass is 10.4. The van der Waals surface area contributed by atoms with Gasteiger partial charge in [-0.1, -0.05) is 0 Å². The monoisotopic (exact) mass is 231 g/mol. The second kappa shape index (κ2) is 7.32. The molecule has 0 aromatic rings. The molecule has 0 aromatic heterocycles. The van der Waals surface area contributed by atoms with Gasteiger partial charge in [-0.3, -0.25) is 4.90 Å². The molecule has 1 rings (SSSR count). The number of hydrogen-bond donors (Lipinski definition) is 2. The van der Waals surface area contributed by atoms with Gasteiger partial charge in [0.05, 0.1) is 34.7 Å². The average Bonchev–Trinajstić information content (AvgIpc) is 2.03. The summed E-state index contributed by atoms with van der Waals surface area (Å²) in [6.07, 6.45) is 0. The molecular formula is C6H14ClNO6. The van der Waals surface area contributed by atoms with E-state index >= 15 is 0 Å². The highest BCUT2D eigenvalue weighted by Gasteiger charge is 2.07. The largest absolute Gasteiger partial charge is 0.395 e. The number of aliphatic hydroxyl groups excluding tert-OH is 1. The molecule has 7 nitrogen and oxygen atoms in total. The highest BCUT2D eigenvalue weighted by molar-refractivity contribution is 4.59. The van der Waals surface area contributed by atoms with E-state index in [1.807, 2.05) is 0 Å². The minimum atomic E-state index is -4.69. The molecule has 0 amide bonds. The summed E-state index contributed by atoms with van der Waals surface area (Å²) in [5.41, 5.74) is 0. The highest BCUT2D eigenvalue weighted by atomic mass is 35.7. The first kappa shape index (κ1) is 14.0. The standard InChI is InChI=1S/C6H13NO2.ClHO4/c8-4-1-7-2-5-9-6-3-7;2-1(3,4)5/h8H,1-6H2;(H,2,3,4,5). The molecule has 1 heterocycles. The zero-order valence-corrected chi connectivity index (χ0v) is 8.35. The van der Waals surface area contributed by atoms with Crippen LogP contribution in [-0.2, 0) is 4.74 Å².